The molecule has 0 bridgehead atoms. The maximum absolute atomic E-state index is 11.9. The van der Waals surface area contributed by atoms with Crippen LogP contribution < -0.4 is 5.69 Å². The Labute approximate surface area is 104 Å². The second-order valence-electron chi connectivity index (χ2n) is 4.20. The first-order valence-corrected chi connectivity index (χ1v) is 5.91. The van der Waals surface area contributed by atoms with E-state index in [0.29, 0.717) is 6.54 Å². The number of benzene rings is 1. The first-order valence-electron chi connectivity index (χ1n) is 5.91. The minimum atomic E-state index is -0.0507. The Hall–Kier alpha value is -2.36. The molecule has 0 unspecified atom stereocenters. The second-order valence-corrected chi connectivity index (χ2v) is 4.20. The van der Waals surface area contributed by atoms with Gasteiger partial charge in [-0.25, -0.2) is 4.79 Å². The Morgan fingerprint density at radius 2 is 1.89 bits per heavy atom. The van der Waals surface area contributed by atoms with E-state index in [1.807, 2.05) is 36.4 Å². The zero-order valence-electron chi connectivity index (χ0n) is 9.84. The summed E-state index contributed by atoms with van der Waals surface area (Å²) in [4.78, 5) is 18.7. The third-order valence-corrected chi connectivity index (χ3v) is 3.06. The molecule has 4 nitrogen and oxygen atoms in total. The van der Waals surface area contributed by atoms with Gasteiger partial charge in [0, 0.05) is 18.9 Å². The number of hydrogen-bond donors (Lipinski definition) is 1. The maximum Gasteiger partial charge on any atom is 0.326 e. The number of rotatable bonds is 3. The van der Waals surface area contributed by atoms with Crippen LogP contribution in [-0.4, -0.2) is 14.5 Å². The maximum atomic E-state index is 11.9. The minimum Gasteiger partial charge on any atom is -0.306 e. The zero-order valence-corrected chi connectivity index (χ0v) is 9.84. The van der Waals surface area contributed by atoms with E-state index in [9.17, 15) is 4.79 Å². The van der Waals surface area contributed by atoms with E-state index in [2.05, 4.69) is 9.97 Å². The highest BCUT2D eigenvalue weighted by Gasteiger charge is 2.05. The Balaban J connectivity index is 1.91. The monoisotopic (exact) mass is 239 g/mol. The van der Waals surface area contributed by atoms with Crippen LogP contribution in [-0.2, 0) is 13.0 Å². The van der Waals surface area contributed by atoms with Crippen LogP contribution in [0, 0.1) is 0 Å². The van der Waals surface area contributed by atoms with Crippen molar-refractivity contribution in [2.75, 3.05) is 0 Å². The van der Waals surface area contributed by atoms with Crippen molar-refractivity contribution >= 4 is 11.0 Å². The van der Waals surface area contributed by atoms with E-state index in [4.69, 9.17) is 0 Å². The van der Waals surface area contributed by atoms with Gasteiger partial charge in [0.2, 0.25) is 0 Å². The van der Waals surface area contributed by atoms with E-state index in [1.165, 1.54) is 5.56 Å². The largest absolute Gasteiger partial charge is 0.326 e. The predicted octanol–water partition coefficient (Wildman–Crippen LogP) is 1.97. The number of hydrogen-bond acceptors (Lipinski definition) is 2. The molecule has 2 heterocycles. The lowest BCUT2D eigenvalue weighted by Gasteiger charge is -2.03. The summed E-state index contributed by atoms with van der Waals surface area (Å²) >= 11 is 0. The van der Waals surface area contributed by atoms with Crippen LogP contribution in [0.4, 0.5) is 0 Å². The van der Waals surface area contributed by atoms with Gasteiger partial charge in [0.25, 0.3) is 0 Å². The molecule has 3 aromatic rings. The van der Waals surface area contributed by atoms with Crippen molar-refractivity contribution in [3.8, 4) is 0 Å². The van der Waals surface area contributed by atoms with E-state index in [1.54, 1.807) is 17.0 Å². The van der Waals surface area contributed by atoms with Crippen molar-refractivity contribution in [3.05, 3.63) is 64.8 Å². The second kappa shape index (κ2) is 4.49. The smallest absolute Gasteiger partial charge is 0.306 e. The Kier molecular flexibility index (Phi) is 2.68. The van der Waals surface area contributed by atoms with Crippen LogP contribution in [0.15, 0.2) is 53.6 Å². The van der Waals surface area contributed by atoms with Crippen LogP contribution in [0.5, 0.6) is 0 Å². The molecule has 0 saturated carbocycles. The van der Waals surface area contributed by atoms with Gasteiger partial charge in [-0.1, -0.05) is 12.1 Å². The van der Waals surface area contributed by atoms with Gasteiger partial charge in [-0.3, -0.25) is 9.55 Å². The molecule has 0 spiro atoms. The summed E-state index contributed by atoms with van der Waals surface area (Å²) in [5.41, 5.74) is 2.97. The van der Waals surface area contributed by atoms with Crippen molar-refractivity contribution < 1.29 is 0 Å². The molecule has 0 aliphatic rings. The number of fused-ring (bicyclic) bond motifs is 1. The fourth-order valence-corrected chi connectivity index (χ4v) is 2.12. The lowest BCUT2D eigenvalue weighted by Crippen LogP contribution is -2.17. The molecule has 3 rings (SSSR count). The highest BCUT2D eigenvalue weighted by atomic mass is 16.1. The van der Waals surface area contributed by atoms with Gasteiger partial charge >= 0.3 is 5.69 Å². The molecule has 0 fully saturated rings. The number of aromatic amines is 1. The summed E-state index contributed by atoms with van der Waals surface area (Å²) < 4.78 is 1.77. The molecule has 4 heteroatoms. The number of imidazole rings is 1. The lowest BCUT2D eigenvalue weighted by molar-refractivity contribution is 0.690. The van der Waals surface area contributed by atoms with Gasteiger partial charge in [-0.05, 0) is 36.2 Å². The quantitative estimate of drug-likeness (QED) is 0.759. The summed E-state index contributed by atoms with van der Waals surface area (Å²) in [7, 11) is 0. The Bertz CT molecular complexity index is 712. The summed E-state index contributed by atoms with van der Waals surface area (Å²) in [5, 5.41) is 0. The number of nitrogens with one attached hydrogen (secondary N) is 1. The first kappa shape index (κ1) is 10.8. The first-order chi connectivity index (χ1) is 8.84. The molecule has 0 saturated heterocycles. The highest BCUT2D eigenvalue weighted by Crippen LogP contribution is 2.09. The molecular weight excluding hydrogens is 226 g/mol. The number of H-pyrrole nitrogens is 1. The number of para-hydroxylation sites is 2. The van der Waals surface area contributed by atoms with Crippen molar-refractivity contribution in [1.29, 1.82) is 0 Å². The zero-order chi connectivity index (χ0) is 12.4. The molecule has 90 valence electrons. The van der Waals surface area contributed by atoms with Crippen molar-refractivity contribution in [2.24, 2.45) is 0 Å². The Morgan fingerprint density at radius 1 is 1.11 bits per heavy atom. The van der Waals surface area contributed by atoms with Crippen LogP contribution >= 0.6 is 0 Å². The summed E-state index contributed by atoms with van der Waals surface area (Å²) in [6.45, 7) is 0.673. The van der Waals surface area contributed by atoms with Gasteiger partial charge in [0.15, 0.2) is 0 Å². The van der Waals surface area contributed by atoms with Gasteiger partial charge in [-0.2, -0.15) is 0 Å². The molecular formula is C14H13N3O. The average molecular weight is 239 g/mol. The number of nitrogens with zero attached hydrogens (tertiary/aromatic N) is 2. The molecule has 1 N–H and O–H groups in total. The van der Waals surface area contributed by atoms with Crippen LogP contribution in [0.1, 0.15) is 5.56 Å². The fourth-order valence-electron chi connectivity index (χ4n) is 2.12. The van der Waals surface area contributed by atoms with Gasteiger partial charge < -0.3 is 4.98 Å². The van der Waals surface area contributed by atoms with Gasteiger partial charge in [-0.15, -0.1) is 0 Å². The topological polar surface area (TPSA) is 50.7 Å². The molecule has 2 aromatic heterocycles. The van der Waals surface area contributed by atoms with Crippen molar-refractivity contribution in [1.82, 2.24) is 14.5 Å². The standard InChI is InChI=1S/C14H13N3O/c18-14-16-12-3-1-2-4-13(12)17(14)10-7-11-5-8-15-9-6-11/h1-6,8-9H,7,10H2,(H,16,18). The van der Waals surface area contributed by atoms with Crippen LogP contribution in [0.2, 0.25) is 0 Å². The SMILES string of the molecule is O=c1[nH]c2ccccc2n1CCc1ccncc1. The minimum absolute atomic E-state index is 0.0507. The van der Waals surface area contributed by atoms with Crippen LogP contribution in [0.25, 0.3) is 11.0 Å². The fraction of sp³-hybridized carbons (Fsp3) is 0.143. The van der Waals surface area contributed by atoms with E-state index < -0.39 is 0 Å². The normalized spacial score (nSPS) is 10.9. The molecule has 0 aliphatic heterocycles. The summed E-state index contributed by atoms with van der Waals surface area (Å²) in [5.74, 6) is 0. The highest BCUT2D eigenvalue weighted by molar-refractivity contribution is 5.74. The summed E-state index contributed by atoms with van der Waals surface area (Å²) in [6, 6.07) is 11.7. The van der Waals surface area contributed by atoms with E-state index in [0.717, 1.165) is 17.5 Å². The average Bonchev–Trinajstić information content (AvgIpc) is 2.73. The van der Waals surface area contributed by atoms with Gasteiger partial charge in [0.05, 0.1) is 11.0 Å². The summed E-state index contributed by atoms with van der Waals surface area (Å²) in [6.07, 6.45) is 4.37. The molecule has 0 atom stereocenters. The predicted molar refractivity (Wildman–Crippen MR) is 70.5 cm³/mol. The number of aromatic nitrogens is 3. The molecule has 0 amide bonds. The van der Waals surface area contributed by atoms with Gasteiger partial charge in [0.1, 0.15) is 0 Å². The number of aryl methyl sites for hydroxylation is 2. The molecule has 0 aliphatic carbocycles. The third kappa shape index (κ3) is 1.93. The van der Waals surface area contributed by atoms with Crippen molar-refractivity contribution in [2.45, 2.75) is 13.0 Å². The third-order valence-electron chi connectivity index (χ3n) is 3.06. The molecule has 0 radical (unpaired) electrons. The lowest BCUT2D eigenvalue weighted by atomic mass is 10.2. The molecule has 1 aromatic carbocycles. The van der Waals surface area contributed by atoms with E-state index >= 15 is 0 Å². The molecule has 18 heavy (non-hydrogen) atoms. The number of pyridine rings is 1. The van der Waals surface area contributed by atoms with E-state index in [-0.39, 0.29) is 5.69 Å². The van der Waals surface area contributed by atoms with Crippen molar-refractivity contribution in [3.63, 3.8) is 0 Å². The van der Waals surface area contributed by atoms with Crippen LogP contribution in [0.3, 0.4) is 0 Å². The Morgan fingerprint density at radius 3 is 2.72 bits per heavy atom.